The summed E-state index contributed by atoms with van der Waals surface area (Å²) in [4.78, 5) is 2.33. The van der Waals surface area contributed by atoms with Gasteiger partial charge in [-0.15, -0.1) is 0 Å². The van der Waals surface area contributed by atoms with Crippen LogP contribution in [-0.4, -0.2) is 30.6 Å². The van der Waals surface area contributed by atoms with Crippen LogP contribution in [0.3, 0.4) is 0 Å². The Morgan fingerprint density at radius 3 is 2.35 bits per heavy atom. The topological polar surface area (TPSA) is 36.3 Å². The average molecular weight is 232 g/mol. The molecule has 92 valence electrons. The van der Waals surface area contributed by atoms with Crippen LogP contribution in [0.5, 0.6) is 5.75 Å². The van der Waals surface area contributed by atoms with Crippen LogP contribution in [-0.2, 0) is 0 Å². The Labute approximate surface area is 104 Å². The molecule has 1 heterocycles. The van der Waals surface area contributed by atoms with Gasteiger partial charge in [-0.3, -0.25) is 4.90 Å². The SMILES string of the molecule is CC.CCN1CC(Oc2ccc(C#N)cc2)C1. The minimum absolute atomic E-state index is 0.317. The van der Waals surface area contributed by atoms with Gasteiger partial charge in [0.05, 0.1) is 11.6 Å². The molecule has 0 aromatic heterocycles. The fraction of sp³-hybridized carbons (Fsp3) is 0.500. The van der Waals surface area contributed by atoms with E-state index in [4.69, 9.17) is 10.00 Å². The fourth-order valence-electron chi connectivity index (χ4n) is 1.66. The second-order valence-corrected chi connectivity index (χ2v) is 3.73. The first-order valence-corrected chi connectivity index (χ1v) is 6.21. The van der Waals surface area contributed by atoms with Crippen LogP contribution in [0.2, 0.25) is 0 Å². The van der Waals surface area contributed by atoms with Gasteiger partial charge in [-0.1, -0.05) is 20.8 Å². The van der Waals surface area contributed by atoms with E-state index in [1.165, 1.54) is 0 Å². The third-order valence-electron chi connectivity index (χ3n) is 2.66. The molecule has 0 radical (unpaired) electrons. The molecule has 0 atom stereocenters. The number of nitrogens with zero attached hydrogens (tertiary/aromatic N) is 2. The molecule has 1 saturated heterocycles. The zero-order chi connectivity index (χ0) is 12.7. The van der Waals surface area contributed by atoms with E-state index in [-0.39, 0.29) is 0 Å². The number of hydrogen-bond donors (Lipinski definition) is 0. The summed E-state index contributed by atoms with van der Waals surface area (Å²) in [6.45, 7) is 9.26. The molecule has 1 aliphatic heterocycles. The molecule has 0 N–H and O–H groups in total. The molecule has 0 aliphatic carbocycles. The lowest BCUT2D eigenvalue weighted by Crippen LogP contribution is -2.53. The van der Waals surface area contributed by atoms with E-state index in [1.54, 1.807) is 12.1 Å². The van der Waals surface area contributed by atoms with Crippen molar-refractivity contribution in [2.75, 3.05) is 19.6 Å². The van der Waals surface area contributed by atoms with Crippen LogP contribution < -0.4 is 4.74 Å². The smallest absolute Gasteiger partial charge is 0.124 e. The average Bonchev–Trinajstić information content (AvgIpc) is 2.36. The van der Waals surface area contributed by atoms with Gasteiger partial charge in [0.2, 0.25) is 0 Å². The molecule has 0 amide bonds. The zero-order valence-corrected chi connectivity index (χ0v) is 10.8. The van der Waals surface area contributed by atoms with Gasteiger partial charge >= 0.3 is 0 Å². The van der Waals surface area contributed by atoms with Crippen molar-refractivity contribution >= 4 is 0 Å². The van der Waals surface area contributed by atoms with Crippen LogP contribution in [0, 0.1) is 11.3 Å². The van der Waals surface area contributed by atoms with Gasteiger partial charge < -0.3 is 4.74 Å². The summed E-state index contributed by atoms with van der Waals surface area (Å²) in [5.74, 6) is 0.856. The Bertz CT molecular complexity index is 361. The third kappa shape index (κ3) is 3.76. The highest BCUT2D eigenvalue weighted by Gasteiger charge is 2.26. The first-order chi connectivity index (χ1) is 8.31. The van der Waals surface area contributed by atoms with Crippen molar-refractivity contribution in [1.29, 1.82) is 5.26 Å². The molecule has 0 spiro atoms. The van der Waals surface area contributed by atoms with Gasteiger partial charge in [0.15, 0.2) is 0 Å². The summed E-state index contributed by atoms with van der Waals surface area (Å²) in [6, 6.07) is 9.36. The summed E-state index contributed by atoms with van der Waals surface area (Å²) >= 11 is 0. The van der Waals surface area contributed by atoms with Crippen LogP contribution in [0.15, 0.2) is 24.3 Å². The van der Waals surface area contributed by atoms with Crippen molar-refractivity contribution in [3.63, 3.8) is 0 Å². The van der Waals surface area contributed by atoms with Crippen molar-refractivity contribution in [1.82, 2.24) is 4.90 Å². The molecular formula is C14H20N2O. The van der Waals surface area contributed by atoms with Gasteiger partial charge in [0, 0.05) is 13.1 Å². The highest BCUT2D eigenvalue weighted by molar-refractivity contribution is 5.34. The molecule has 3 nitrogen and oxygen atoms in total. The molecule has 0 unspecified atom stereocenters. The van der Waals surface area contributed by atoms with Gasteiger partial charge in [0.25, 0.3) is 0 Å². The van der Waals surface area contributed by atoms with Crippen molar-refractivity contribution in [2.45, 2.75) is 26.9 Å². The second-order valence-electron chi connectivity index (χ2n) is 3.73. The molecule has 17 heavy (non-hydrogen) atoms. The minimum Gasteiger partial charge on any atom is -0.488 e. The lowest BCUT2D eigenvalue weighted by Gasteiger charge is -2.38. The summed E-state index contributed by atoms with van der Waals surface area (Å²) in [7, 11) is 0. The highest BCUT2D eigenvalue weighted by Crippen LogP contribution is 2.18. The van der Waals surface area contributed by atoms with E-state index in [0.29, 0.717) is 11.7 Å². The van der Waals surface area contributed by atoms with Crippen molar-refractivity contribution in [3.8, 4) is 11.8 Å². The maximum atomic E-state index is 8.64. The summed E-state index contributed by atoms with van der Waals surface area (Å²) in [5.41, 5.74) is 0.672. The molecule has 3 heteroatoms. The van der Waals surface area contributed by atoms with E-state index in [1.807, 2.05) is 26.0 Å². The standard InChI is InChI=1S/C12H14N2O.C2H6/c1-2-14-8-12(9-14)15-11-5-3-10(7-13)4-6-11;1-2/h3-6,12H,2,8-9H2,1H3;1-2H3. The first kappa shape index (κ1) is 13.5. The summed E-state index contributed by atoms with van der Waals surface area (Å²) in [6.07, 6.45) is 0.317. The molecule has 1 aromatic rings. The Balaban J connectivity index is 0.000000686. The van der Waals surface area contributed by atoms with Crippen molar-refractivity contribution in [3.05, 3.63) is 29.8 Å². The predicted molar refractivity (Wildman–Crippen MR) is 69.0 cm³/mol. The normalized spacial score (nSPS) is 15.2. The number of hydrogen-bond acceptors (Lipinski definition) is 3. The monoisotopic (exact) mass is 232 g/mol. The van der Waals surface area contributed by atoms with Crippen LogP contribution in [0.1, 0.15) is 26.3 Å². The molecule has 0 bridgehead atoms. The van der Waals surface area contributed by atoms with E-state index >= 15 is 0 Å². The van der Waals surface area contributed by atoms with Crippen LogP contribution in [0.4, 0.5) is 0 Å². The fourth-order valence-corrected chi connectivity index (χ4v) is 1.66. The van der Waals surface area contributed by atoms with Crippen molar-refractivity contribution in [2.24, 2.45) is 0 Å². The Morgan fingerprint density at radius 1 is 1.29 bits per heavy atom. The predicted octanol–water partition coefficient (Wildman–Crippen LogP) is 2.67. The lowest BCUT2D eigenvalue weighted by molar-refractivity contribution is 0.0238. The number of nitriles is 1. The number of likely N-dealkylation sites (tertiary alicyclic amines) is 1. The Hall–Kier alpha value is -1.53. The van der Waals surface area contributed by atoms with Gasteiger partial charge in [-0.2, -0.15) is 5.26 Å². The summed E-state index contributed by atoms with van der Waals surface area (Å²) < 4.78 is 5.73. The first-order valence-electron chi connectivity index (χ1n) is 6.21. The van der Waals surface area contributed by atoms with Gasteiger partial charge in [-0.25, -0.2) is 0 Å². The zero-order valence-electron chi connectivity index (χ0n) is 10.8. The van der Waals surface area contributed by atoms with Crippen LogP contribution in [0.25, 0.3) is 0 Å². The highest BCUT2D eigenvalue weighted by atomic mass is 16.5. The maximum Gasteiger partial charge on any atom is 0.124 e. The van der Waals surface area contributed by atoms with Crippen molar-refractivity contribution < 1.29 is 4.74 Å². The number of ether oxygens (including phenoxy) is 1. The van der Waals surface area contributed by atoms with E-state index in [2.05, 4.69) is 17.9 Å². The Morgan fingerprint density at radius 2 is 1.88 bits per heavy atom. The van der Waals surface area contributed by atoms with Gasteiger partial charge in [0.1, 0.15) is 11.9 Å². The molecule has 1 aromatic carbocycles. The number of benzene rings is 1. The lowest BCUT2D eigenvalue weighted by atomic mass is 10.1. The second kappa shape index (κ2) is 6.93. The number of rotatable bonds is 3. The van der Waals surface area contributed by atoms with Crippen LogP contribution >= 0.6 is 0 Å². The number of likely N-dealkylation sites (N-methyl/N-ethyl adjacent to an activating group) is 1. The van der Waals surface area contributed by atoms with Gasteiger partial charge in [-0.05, 0) is 30.8 Å². The quantitative estimate of drug-likeness (QED) is 0.804. The molecular weight excluding hydrogens is 212 g/mol. The molecule has 2 rings (SSSR count). The third-order valence-corrected chi connectivity index (χ3v) is 2.66. The Kier molecular flexibility index (Phi) is 5.51. The maximum absolute atomic E-state index is 8.64. The molecule has 0 saturated carbocycles. The largest absolute Gasteiger partial charge is 0.488 e. The molecule has 1 aliphatic rings. The van der Waals surface area contributed by atoms with E-state index in [9.17, 15) is 0 Å². The van der Waals surface area contributed by atoms with E-state index in [0.717, 1.165) is 25.4 Å². The van der Waals surface area contributed by atoms with E-state index < -0.39 is 0 Å². The molecule has 1 fully saturated rings. The summed E-state index contributed by atoms with van der Waals surface area (Å²) in [5, 5.41) is 8.64. The minimum atomic E-state index is 0.317.